The molecule has 30 heavy (non-hydrogen) atoms. The van der Waals surface area contributed by atoms with Crippen LogP contribution in [0.25, 0.3) is 0 Å². The summed E-state index contributed by atoms with van der Waals surface area (Å²) in [6, 6.07) is 5.38. The number of rotatable bonds is 10. The molecule has 1 aromatic heterocycles. The molecule has 0 bridgehead atoms. The van der Waals surface area contributed by atoms with Gasteiger partial charge in [-0.2, -0.15) is 0 Å². The first-order valence-electron chi connectivity index (χ1n) is 9.73. The van der Waals surface area contributed by atoms with Crippen molar-refractivity contribution in [3.8, 4) is 5.75 Å². The summed E-state index contributed by atoms with van der Waals surface area (Å²) in [5.74, 6) is -0.121. The highest BCUT2D eigenvalue weighted by atomic mass is 32.2. The Morgan fingerprint density at radius 3 is 2.57 bits per heavy atom. The molecular formula is C20H28N4O5S. The number of hydrogen-bond donors (Lipinski definition) is 4. The van der Waals surface area contributed by atoms with E-state index >= 15 is 0 Å². The van der Waals surface area contributed by atoms with Crippen LogP contribution in [0.2, 0.25) is 0 Å². The van der Waals surface area contributed by atoms with Gasteiger partial charge in [0, 0.05) is 19.4 Å². The Bertz CT molecular complexity index is 958. The van der Waals surface area contributed by atoms with Gasteiger partial charge in [-0.05, 0) is 42.2 Å². The predicted octanol–water partition coefficient (Wildman–Crippen LogP) is 2.23. The average Bonchev–Trinajstić information content (AvgIpc) is 3.25. The number of nitrogens with one attached hydrogen (secondary N) is 4. The van der Waals surface area contributed by atoms with Crippen LogP contribution in [0.15, 0.2) is 41.6 Å². The van der Waals surface area contributed by atoms with Gasteiger partial charge >= 0.3 is 6.03 Å². The number of carbonyl (C=O) groups is 2. The van der Waals surface area contributed by atoms with E-state index in [0.717, 1.165) is 5.56 Å². The topological polar surface area (TPSA) is 129 Å². The van der Waals surface area contributed by atoms with Gasteiger partial charge in [-0.3, -0.25) is 4.79 Å². The molecule has 2 rings (SSSR count). The molecule has 10 heteroatoms. The molecule has 4 N–H and O–H groups in total. The molecule has 1 aromatic carbocycles. The standard InChI is InChI=1S/C20H28N4O5S/c1-4-10-29-17-7-6-14(11-18(17)30(27,28)24-20(26)21-3)12-19(25)23-16(5-2)15-8-9-22-13-15/h6-9,11,13,16,22H,4-5,10,12H2,1-3H3,(H,23,25)(H2,21,24,26). The van der Waals surface area contributed by atoms with Crippen molar-refractivity contribution in [1.29, 1.82) is 0 Å². The summed E-state index contributed by atoms with van der Waals surface area (Å²) in [4.78, 5) is 26.9. The summed E-state index contributed by atoms with van der Waals surface area (Å²) >= 11 is 0. The normalized spacial score (nSPS) is 12.1. The molecule has 0 fully saturated rings. The molecular weight excluding hydrogens is 408 g/mol. The second kappa shape index (κ2) is 10.7. The van der Waals surface area contributed by atoms with E-state index in [-0.39, 0.29) is 29.0 Å². The number of ether oxygens (including phenoxy) is 1. The van der Waals surface area contributed by atoms with Crippen molar-refractivity contribution in [3.05, 3.63) is 47.8 Å². The van der Waals surface area contributed by atoms with E-state index < -0.39 is 16.1 Å². The third-order valence-electron chi connectivity index (χ3n) is 4.35. The zero-order valence-electron chi connectivity index (χ0n) is 17.3. The lowest BCUT2D eigenvalue weighted by molar-refractivity contribution is -0.121. The van der Waals surface area contributed by atoms with Crippen molar-refractivity contribution in [3.63, 3.8) is 0 Å². The van der Waals surface area contributed by atoms with Crippen LogP contribution in [0.1, 0.15) is 43.9 Å². The summed E-state index contributed by atoms with van der Waals surface area (Å²) in [7, 11) is -2.86. The van der Waals surface area contributed by atoms with E-state index in [1.807, 2.05) is 30.8 Å². The first-order valence-corrected chi connectivity index (χ1v) is 11.2. The Balaban J connectivity index is 2.24. The molecule has 1 unspecified atom stereocenters. The minimum absolute atomic E-state index is 0.0164. The summed E-state index contributed by atoms with van der Waals surface area (Å²) in [6.07, 6.45) is 4.99. The Hall–Kier alpha value is -3.01. The number of benzene rings is 1. The van der Waals surface area contributed by atoms with Gasteiger partial charge in [-0.1, -0.05) is 19.9 Å². The van der Waals surface area contributed by atoms with E-state index in [2.05, 4.69) is 15.6 Å². The van der Waals surface area contributed by atoms with Crippen LogP contribution in [-0.4, -0.2) is 39.0 Å². The molecule has 9 nitrogen and oxygen atoms in total. The second-order valence-electron chi connectivity index (χ2n) is 6.66. The fourth-order valence-electron chi connectivity index (χ4n) is 2.84. The summed E-state index contributed by atoms with van der Waals surface area (Å²) in [6.45, 7) is 4.18. The van der Waals surface area contributed by atoms with Crippen molar-refractivity contribution in [2.75, 3.05) is 13.7 Å². The lowest BCUT2D eigenvalue weighted by atomic mass is 10.1. The van der Waals surface area contributed by atoms with Crippen LogP contribution >= 0.6 is 0 Å². The molecule has 0 saturated heterocycles. The Morgan fingerprint density at radius 2 is 1.97 bits per heavy atom. The Kier molecular flexibility index (Phi) is 8.28. The van der Waals surface area contributed by atoms with Gasteiger partial charge in [0.15, 0.2) is 0 Å². The van der Waals surface area contributed by atoms with Crippen LogP contribution in [0, 0.1) is 0 Å². The lowest BCUT2D eigenvalue weighted by Crippen LogP contribution is -2.37. The molecule has 0 saturated carbocycles. The molecule has 0 spiro atoms. The third-order valence-corrected chi connectivity index (χ3v) is 5.70. The Morgan fingerprint density at radius 1 is 1.20 bits per heavy atom. The van der Waals surface area contributed by atoms with E-state index in [1.54, 1.807) is 12.3 Å². The van der Waals surface area contributed by atoms with Gasteiger partial charge < -0.3 is 20.4 Å². The van der Waals surface area contributed by atoms with Gasteiger partial charge in [-0.15, -0.1) is 0 Å². The third kappa shape index (κ3) is 6.24. The fourth-order valence-corrected chi connectivity index (χ4v) is 3.99. The molecule has 2 aromatic rings. The molecule has 0 aliphatic carbocycles. The molecule has 3 amide bonds. The van der Waals surface area contributed by atoms with E-state index in [1.165, 1.54) is 19.2 Å². The predicted molar refractivity (Wildman–Crippen MR) is 113 cm³/mol. The fraction of sp³-hybridized carbons (Fsp3) is 0.400. The van der Waals surface area contributed by atoms with Crippen molar-refractivity contribution in [2.24, 2.45) is 0 Å². The van der Waals surface area contributed by atoms with Gasteiger partial charge in [0.1, 0.15) is 10.6 Å². The zero-order valence-corrected chi connectivity index (χ0v) is 18.1. The lowest BCUT2D eigenvalue weighted by Gasteiger charge is -2.17. The molecule has 0 aliphatic rings. The number of aromatic nitrogens is 1. The Labute approximate surface area is 176 Å². The molecule has 164 valence electrons. The average molecular weight is 437 g/mol. The van der Waals surface area contributed by atoms with Gasteiger partial charge in [0.05, 0.1) is 19.1 Å². The van der Waals surface area contributed by atoms with Crippen LogP contribution in [0.5, 0.6) is 5.75 Å². The number of hydrogen-bond acceptors (Lipinski definition) is 5. The van der Waals surface area contributed by atoms with Gasteiger partial charge in [0.25, 0.3) is 10.0 Å². The SMILES string of the molecule is CCCOc1ccc(CC(=O)NC(CC)c2cc[nH]c2)cc1S(=O)(=O)NC(=O)NC. The maximum Gasteiger partial charge on any atom is 0.328 e. The van der Waals surface area contributed by atoms with Crippen molar-refractivity contribution in [2.45, 2.75) is 44.0 Å². The van der Waals surface area contributed by atoms with Crippen molar-refractivity contribution < 1.29 is 22.7 Å². The molecule has 0 aliphatic heterocycles. The largest absolute Gasteiger partial charge is 0.492 e. The highest BCUT2D eigenvalue weighted by Gasteiger charge is 2.23. The van der Waals surface area contributed by atoms with E-state index in [4.69, 9.17) is 4.74 Å². The number of sulfonamides is 1. The smallest absolute Gasteiger partial charge is 0.328 e. The first kappa shape index (κ1) is 23.3. The van der Waals surface area contributed by atoms with Crippen LogP contribution in [0.4, 0.5) is 4.79 Å². The second-order valence-corrected chi connectivity index (χ2v) is 8.31. The first-order chi connectivity index (χ1) is 14.3. The van der Waals surface area contributed by atoms with Gasteiger partial charge in [-0.25, -0.2) is 17.9 Å². The van der Waals surface area contributed by atoms with Crippen molar-refractivity contribution in [1.82, 2.24) is 20.3 Å². The van der Waals surface area contributed by atoms with Crippen molar-refractivity contribution >= 4 is 22.0 Å². The highest BCUT2D eigenvalue weighted by molar-refractivity contribution is 7.90. The number of amides is 3. The van der Waals surface area contributed by atoms with Crippen LogP contribution < -0.4 is 20.1 Å². The molecule has 1 atom stereocenters. The molecule has 1 heterocycles. The quantitative estimate of drug-likeness (QED) is 0.454. The van der Waals surface area contributed by atoms with E-state index in [0.29, 0.717) is 25.0 Å². The van der Waals surface area contributed by atoms with E-state index in [9.17, 15) is 18.0 Å². The number of carbonyl (C=O) groups excluding carboxylic acids is 2. The molecule has 0 radical (unpaired) electrons. The maximum atomic E-state index is 12.6. The van der Waals surface area contributed by atoms with Crippen LogP contribution in [0.3, 0.4) is 0 Å². The minimum atomic E-state index is -4.18. The number of H-pyrrole nitrogens is 1. The minimum Gasteiger partial charge on any atom is -0.492 e. The van der Waals surface area contributed by atoms with Gasteiger partial charge in [0.2, 0.25) is 5.91 Å². The zero-order chi connectivity index (χ0) is 22.1. The highest BCUT2D eigenvalue weighted by Crippen LogP contribution is 2.26. The summed E-state index contributed by atoms with van der Waals surface area (Å²) in [5.41, 5.74) is 1.45. The van der Waals surface area contributed by atoms with Crippen LogP contribution in [-0.2, 0) is 21.2 Å². The monoisotopic (exact) mass is 436 g/mol. The number of urea groups is 1. The summed E-state index contributed by atoms with van der Waals surface area (Å²) in [5, 5.41) is 5.15. The summed E-state index contributed by atoms with van der Waals surface area (Å²) < 4.78 is 32.7. The number of aromatic amines is 1. The maximum absolute atomic E-state index is 12.6.